The molecule has 0 bridgehead atoms. The van der Waals surface area contributed by atoms with Crippen molar-refractivity contribution in [2.24, 2.45) is 5.92 Å². The van der Waals surface area contributed by atoms with Gasteiger partial charge in [0.25, 0.3) is 11.8 Å². The zero-order valence-electron chi connectivity index (χ0n) is 18.5. The van der Waals surface area contributed by atoms with Gasteiger partial charge in [0.15, 0.2) is 5.69 Å². The van der Waals surface area contributed by atoms with Crippen LogP contribution in [0.15, 0.2) is 24.3 Å². The molecular formula is C23H31FN4O4. The molecule has 1 aromatic carbocycles. The summed E-state index contributed by atoms with van der Waals surface area (Å²) in [6.45, 7) is 2.74. The van der Waals surface area contributed by atoms with E-state index in [1.807, 2.05) is 6.92 Å². The molecule has 2 aromatic rings. The van der Waals surface area contributed by atoms with Crippen molar-refractivity contribution in [3.05, 3.63) is 47.2 Å². The summed E-state index contributed by atoms with van der Waals surface area (Å²) in [7, 11) is 1.58. The maximum atomic E-state index is 13.0. The fourth-order valence-corrected chi connectivity index (χ4v) is 3.96. The van der Waals surface area contributed by atoms with Crippen LogP contribution in [-0.4, -0.2) is 46.0 Å². The van der Waals surface area contributed by atoms with Crippen molar-refractivity contribution < 1.29 is 24.1 Å². The van der Waals surface area contributed by atoms with Gasteiger partial charge in [0, 0.05) is 20.2 Å². The molecule has 1 aliphatic carbocycles. The maximum Gasteiger partial charge on any atom is 0.274 e. The van der Waals surface area contributed by atoms with Crippen molar-refractivity contribution in [1.29, 1.82) is 0 Å². The third kappa shape index (κ3) is 6.14. The Hall–Kier alpha value is -2.78. The van der Waals surface area contributed by atoms with E-state index < -0.39 is 29.7 Å². The Bertz CT molecular complexity index is 904. The first-order chi connectivity index (χ1) is 15.4. The number of aromatic hydroxyl groups is 2. The van der Waals surface area contributed by atoms with E-state index in [9.17, 15) is 19.4 Å². The Labute approximate surface area is 187 Å². The fraction of sp³-hybridized carbons (Fsp3) is 0.522. The molecule has 8 nitrogen and oxygen atoms in total. The SMILES string of the molecule is COC(NCC1CCCCC1)C(C)c1nc(O)c(O)c(C(=O)NCc2ccc(F)cc2)n1. The topological polar surface area (TPSA) is 117 Å². The highest BCUT2D eigenvalue weighted by molar-refractivity contribution is 5.95. The minimum atomic E-state index is -0.693. The van der Waals surface area contributed by atoms with Crippen LogP contribution < -0.4 is 10.6 Å². The molecule has 0 radical (unpaired) electrons. The minimum absolute atomic E-state index is 0.109. The highest BCUT2D eigenvalue weighted by Crippen LogP contribution is 2.29. The summed E-state index contributed by atoms with van der Waals surface area (Å²) in [5, 5.41) is 26.2. The number of ether oxygens (including phenoxy) is 1. The lowest BCUT2D eigenvalue weighted by Gasteiger charge is -2.27. The van der Waals surface area contributed by atoms with Gasteiger partial charge in [-0.05, 0) is 36.5 Å². The smallest absolute Gasteiger partial charge is 0.274 e. The quantitative estimate of drug-likeness (QED) is 0.437. The number of halogens is 1. The third-order valence-corrected chi connectivity index (χ3v) is 5.91. The molecule has 1 saturated carbocycles. The third-order valence-electron chi connectivity index (χ3n) is 5.91. The molecular weight excluding hydrogens is 415 g/mol. The predicted molar refractivity (Wildman–Crippen MR) is 117 cm³/mol. The van der Waals surface area contributed by atoms with Crippen LogP contribution >= 0.6 is 0 Å². The molecule has 1 heterocycles. The number of hydrogen-bond acceptors (Lipinski definition) is 7. The average Bonchev–Trinajstić information content (AvgIpc) is 2.81. The largest absolute Gasteiger partial charge is 0.501 e. The van der Waals surface area contributed by atoms with E-state index in [1.165, 1.54) is 44.2 Å². The van der Waals surface area contributed by atoms with Crippen LogP contribution in [0.1, 0.15) is 66.8 Å². The highest BCUT2D eigenvalue weighted by atomic mass is 19.1. The van der Waals surface area contributed by atoms with Gasteiger partial charge in [-0.25, -0.2) is 9.37 Å². The molecule has 4 N–H and O–H groups in total. The summed E-state index contributed by atoms with van der Waals surface area (Å²) >= 11 is 0. The Balaban J connectivity index is 1.69. The number of amides is 1. The first kappa shape index (κ1) is 23.9. The van der Waals surface area contributed by atoms with Gasteiger partial charge < -0.3 is 20.3 Å². The summed E-state index contributed by atoms with van der Waals surface area (Å²) in [5.41, 5.74) is 0.348. The molecule has 0 spiro atoms. The number of rotatable bonds is 9. The van der Waals surface area contributed by atoms with E-state index in [1.54, 1.807) is 19.2 Å². The number of nitrogens with one attached hydrogen (secondary N) is 2. The zero-order chi connectivity index (χ0) is 23.1. The van der Waals surface area contributed by atoms with Crippen molar-refractivity contribution in [2.45, 2.75) is 57.7 Å². The van der Waals surface area contributed by atoms with Crippen LogP contribution in [-0.2, 0) is 11.3 Å². The molecule has 9 heteroatoms. The Kier molecular flexibility index (Phi) is 8.35. The van der Waals surface area contributed by atoms with Crippen LogP contribution in [0, 0.1) is 11.7 Å². The number of carbonyl (C=O) groups is 1. The maximum absolute atomic E-state index is 13.0. The molecule has 2 atom stereocenters. The minimum Gasteiger partial charge on any atom is -0.501 e. The van der Waals surface area contributed by atoms with Crippen LogP contribution in [0.5, 0.6) is 11.6 Å². The van der Waals surface area contributed by atoms with Crippen LogP contribution in [0.4, 0.5) is 4.39 Å². The van der Waals surface area contributed by atoms with Crippen LogP contribution in [0.2, 0.25) is 0 Å². The van der Waals surface area contributed by atoms with E-state index in [-0.39, 0.29) is 23.9 Å². The van der Waals surface area contributed by atoms with Gasteiger partial charge in [0.05, 0.1) is 5.92 Å². The number of hydrogen-bond donors (Lipinski definition) is 4. The van der Waals surface area contributed by atoms with E-state index >= 15 is 0 Å². The summed E-state index contributed by atoms with van der Waals surface area (Å²) in [4.78, 5) is 20.8. The number of methoxy groups -OCH3 is 1. The monoisotopic (exact) mass is 446 g/mol. The second-order valence-corrected chi connectivity index (χ2v) is 8.27. The molecule has 1 amide bonds. The summed E-state index contributed by atoms with van der Waals surface area (Å²) in [6, 6.07) is 5.67. The summed E-state index contributed by atoms with van der Waals surface area (Å²) in [5.74, 6) is -2.04. The molecule has 3 rings (SSSR count). The van der Waals surface area contributed by atoms with E-state index in [4.69, 9.17) is 4.74 Å². The Morgan fingerprint density at radius 3 is 2.53 bits per heavy atom. The standard InChI is InChI=1S/C23H31FN4O4/c1-14(23(32-2)26-13-15-6-4-3-5-7-15)20-27-18(19(29)22(31)28-20)21(30)25-12-16-8-10-17(24)11-9-16/h8-11,14-15,23,26,29H,3-7,12-13H2,1-2H3,(H,25,30)(H,27,28,31). The number of carbonyl (C=O) groups excluding carboxylic acids is 1. The lowest BCUT2D eigenvalue weighted by Crippen LogP contribution is -2.39. The van der Waals surface area contributed by atoms with E-state index in [0.717, 1.165) is 6.54 Å². The van der Waals surface area contributed by atoms with Gasteiger partial charge in [-0.3, -0.25) is 10.1 Å². The van der Waals surface area contributed by atoms with Crippen LogP contribution in [0.25, 0.3) is 0 Å². The van der Waals surface area contributed by atoms with Gasteiger partial charge in [0.1, 0.15) is 17.9 Å². The van der Waals surface area contributed by atoms with Crippen molar-refractivity contribution in [3.63, 3.8) is 0 Å². The Morgan fingerprint density at radius 1 is 1.19 bits per heavy atom. The van der Waals surface area contributed by atoms with Gasteiger partial charge in [-0.15, -0.1) is 0 Å². The van der Waals surface area contributed by atoms with Crippen LogP contribution in [0.3, 0.4) is 0 Å². The normalized spacial score (nSPS) is 16.5. The summed E-state index contributed by atoms with van der Waals surface area (Å²) < 4.78 is 18.6. The zero-order valence-corrected chi connectivity index (χ0v) is 18.5. The molecule has 1 fully saturated rings. The lowest BCUT2D eigenvalue weighted by atomic mass is 9.89. The first-order valence-electron chi connectivity index (χ1n) is 11.0. The molecule has 32 heavy (non-hydrogen) atoms. The second kappa shape index (κ2) is 11.2. The number of benzene rings is 1. The molecule has 0 aliphatic heterocycles. The van der Waals surface area contributed by atoms with Gasteiger partial charge in [0.2, 0.25) is 5.75 Å². The van der Waals surface area contributed by atoms with Crippen molar-refractivity contribution in [1.82, 2.24) is 20.6 Å². The lowest BCUT2D eigenvalue weighted by molar-refractivity contribution is 0.0478. The Morgan fingerprint density at radius 2 is 1.88 bits per heavy atom. The summed E-state index contributed by atoms with van der Waals surface area (Å²) in [6.07, 6.45) is 5.72. The molecule has 1 aromatic heterocycles. The molecule has 2 unspecified atom stereocenters. The highest BCUT2D eigenvalue weighted by Gasteiger charge is 2.27. The van der Waals surface area contributed by atoms with Gasteiger partial charge in [-0.1, -0.05) is 38.3 Å². The van der Waals surface area contributed by atoms with E-state index in [0.29, 0.717) is 11.5 Å². The van der Waals surface area contributed by atoms with Crippen molar-refractivity contribution in [3.8, 4) is 11.6 Å². The number of nitrogens with zero attached hydrogens (tertiary/aromatic N) is 2. The number of aromatic nitrogens is 2. The second-order valence-electron chi connectivity index (χ2n) is 8.27. The molecule has 1 aliphatic rings. The average molecular weight is 447 g/mol. The predicted octanol–water partition coefficient (Wildman–Crippen LogP) is 3.20. The van der Waals surface area contributed by atoms with Crippen molar-refractivity contribution in [2.75, 3.05) is 13.7 Å². The first-order valence-corrected chi connectivity index (χ1v) is 11.0. The van der Waals surface area contributed by atoms with Crippen molar-refractivity contribution >= 4 is 5.91 Å². The van der Waals surface area contributed by atoms with E-state index in [2.05, 4.69) is 20.6 Å². The molecule has 0 saturated heterocycles. The molecule has 174 valence electrons. The fourth-order valence-electron chi connectivity index (χ4n) is 3.96. The van der Waals surface area contributed by atoms with Gasteiger partial charge in [-0.2, -0.15) is 4.98 Å². The van der Waals surface area contributed by atoms with Gasteiger partial charge >= 0.3 is 0 Å².